The average Bonchev–Trinajstić information content (AvgIpc) is 3.37. The largest absolute Gasteiger partial charge is 0.342 e. The first kappa shape index (κ1) is 20.7. The van der Waals surface area contributed by atoms with Crippen LogP contribution in [0.3, 0.4) is 0 Å². The molecule has 3 atom stereocenters. The molecule has 2 aliphatic rings. The van der Waals surface area contributed by atoms with Gasteiger partial charge in [0.2, 0.25) is 17.6 Å². The lowest BCUT2D eigenvalue weighted by Gasteiger charge is -2.34. The molecular formula is C20H26ClFN4O2. The molecule has 4 rings (SSSR count). The van der Waals surface area contributed by atoms with Gasteiger partial charge in [-0.25, -0.2) is 4.39 Å². The third kappa shape index (κ3) is 4.20. The normalized spacial score (nSPS) is 24.8. The molecule has 8 heteroatoms. The number of rotatable bonds is 4. The van der Waals surface area contributed by atoms with Crippen molar-refractivity contribution in [3.05, 3.63) is 36.0 Å². The van der Waals surface area contributed by atoms with E-state index in [1.54, 1.807) is 12.1 Å². The zero-order valence-corrected chi connectivity index (χ0v) is 16.5. The number of carbonyl (C=O) groups is 1. The topological polar surface area (TPSA) is 85.3 Å². The van der Waals surface area contributed by atoms with Gasteiger partial charge in [-0.1, -0.05) is 23.7 Å². The molecule has 0 bridgehead atoms. The number of hydrogen-bond acceptors (Lipinski definition) is 5. The van der Waals surface area contributed by atoms with Gasteiger partial charge in [0.05, 0.1) is 5.92 Å². The zero-order valence-electron chi connectivity index (χ0n) is 15.7. The quantitative estimate of drug-likeness (QED) is 0.838. The van der Waals surface area contributed by atoms with Gasteiger partial charge >= 0.3 is 0 Å². The molecule has 28 heavy (non-hydrogen) atoms. The fraction of sp³-hybridized carbons (Fsp3) is 0.550. The molecule has 1 unspecified atom stereocenters. The Balaban J connectivity index is 0.00000225. The van der Waals surface area contributed by atoms with Gasteiger partial charge in [0.1, 0.15) is 5.82 Å². The fourth-order valence-electron chi connectivity index (χ4n) is 4.40. The first-order chi connectivity index (χ1) is 13.2. The first-order valence-corrected chi connectivity index (χ1v) is 9.74. The summed E-state index contributed by atoms with van der Waals surface area (Å²) < 4.78 is 18.9. The smallest absolute Gasteiger partial charge is 0.231 e. The lowest BCUT2D eigenvalue weighted by molar-refractivity contribution is -0.138. The van der Waals surface area contributed by atoms with Crippen molar-refractivity contribution in [2.45, 2.75) is 38.0 Å². The van der Waals surface area contributed by atoms with Crippen molar-refractivity contribution < 1.29 is 13.7 Å². The molecule has 1 aromatic heterocycles. The molecule has 1 aliphatic heterocycles. The molecule has 6 nitrogen and oxygen atoms in total. The van der Waals surface area contributed by atoms with E-state index in [1.165, 1.54) is 12.1 Å². The van der Waals surface area contributed by atoms with Crippen molar-refractivity contribution in [3.63, 3.8) is 0 Å². The average molecular weight is 409 g/mol. The number of carbonyl (C=O) groups excluding carboxylic acids is 1. The van der Waals surface area contributed by atoms with Crippen LogP contribution in [-0.4, -0.2) is 40.6 Å². The molecule has 1 saturated carbocycles. The molecule has 1 aliphatic carbocycles. The Kier molecular flexibility index (Phi) is 6.67. The lowest BCUT2D eigenvalue weighted by Crippen LogP contribution is -2.44. The summed E-state index contributed by atoms with van der Waals surface area (Å²) in [6, 6.07) is 6.14. The van der Waals surface area contributed by atoms with Gasteiger partial charge in [0, 0.05) is 24.6 Å². The summed E-state index contributed by atoms with van der Waals surface area (Å²) in [7, 11) is 0. The Morgan fingerprint density at radius 3 is 2.93 bits per heavy atom. The van der Waals surface area contributed by atoms with Crippen LogP contribution in [0.2, 0.25) is 0 Å². The Bertz CT molecular complexity index is 815. The summed E-state index contributed by atoms with van der Waals surface area (Å²) in [4.78, 5) is 19.4. The van der Waals surface area contributed by atoms with E-state index >= 15 is 0 Å². The van der Waals surface area contributed by atoms with Crippen molar-refractivity contribution in [2.24, 2.45) is 17.6 Å². The predicted octanol–water partition coefficient (Wildman–Crippen LogP) is 3.38. The summed E-state index contributed by atoms with van der Waals surface area (Å²) in [6.45, 7) is 1.94. The van der Waals surface area contributed by atoms with Crippen molar-refractivity contribution in [1.82, 2.24) is 15.0 Å². The van der Waals surface area contributed by atoms with Gasteiger partial charge in [0.25, 0.3) is 0 Å². The van der Waals surface area contributed by atoms with Crippen LogP contribution in [0.1, 0.15) is 43.9 Å². The van der Waals surface area contributed by atoms with E-state index in [9.17, 15) is 9.18 Å². The van der Waals surface area contributed by atoms with Crippen LogP contribution in [0.25, 0.3) is 11.4 Å². The molecular weight excluding hydrogens is 383 g/mol. The second-order valence-electron chi connectivity index (χ2n) is 7.62. The highest BCUT2D eigenvalue weighted by Crippen LogP contribution is 2.35. The number of amides is 1. The molecule has 2 N–H and O–H groups in total. The third-order valence-corrected chi connectivity index (χ3v) is 5.89. The van der Waals surface area contributed by atoms with Crippen LogP contribution in [0.5, 0.6) is 0 Å². The van der Waals surface area contributed by atoms with E-state index in [0.29, 0.717) is 36.3 Å². The maximum Gasteiger partial charge on any atom is 0.231 e. The van der Waals surface area contributed by atoms with Crippen LogP contribution in [0.15, 0.2) is 28.8 Å². The molecule has 2 aromatic rings. The maximum absolute atomic E-state index is 13.4. The predicted molar refractivity (Wildman–Crippen MR) is 105 cm³/mol. The van der Waals surface area contributed by atoms with Gasteiger partial charge < -0.3 is 15.2 Å². The number of halogens is 2. The third-order valence-electron chi connectivity index (χ3n) is 5.89. The Labute approximate surface area is 170 Å². The summed E-state index contributed by atoms with van der Waals surface area (Å²) in [5.74, 6) is 1.17. The number of benzene rings is 1. The van der Waals surface area contributed by atoms with Crippen LogP contribution in [0.4, 0.5) is 4.39 Å². The van der Waals surface area contributed by atoms with E-state index in [1.807, 2.05) is 4.90 Å². The maximum atomic E-state index is 13.4. The molecule has 2 heterocycles. The zero-order chi connectivity index (χ0) is 18.8. The highest BCUT2D eigenvalue weighted by atomic mass is 35.5. The highest BCUT2D eigenvalue weighted by molar-refractivity contribution is 5.85. The van der Waals surface area contributed by atoms with E-state index in [-0.39, 0.29) is 36.0 Å². The van der Waals surface area contributed by atoms with Gasteiger partial charge in [-0.2, -0.15) is 4.98 Å². The van der Waals surface area contributed by atoms with E-state index < -0.39 is 0 Å². The minimum Gasteiger partial charge on any atom is -0.342 e. The SMILES string of the molecule is Cl.NC[C@H]1CCC[C@H]1C(=O)N1CCCC(c2nc(-c3cccc(F)c3)no2)C1. The Hall–Kier alpha value is -1.99. The number of hydrogen-bond donors (Lipinski definition) is 1. The number of nitrogens with zero attached hydrogens (tertiary/aromatic N) is 3. The minimum absolute atomic E-state index is 0. The number of nitrogens with two attached hydrogens (primary N) is 1. The summed E-state index contributed by atoms with van der Waals surface area (Å²) in [5.41, 5.74) is 6.44. The molecule has 1 aromatic carbocycles. The summed E-state index contributed by atoms with van der Waals surface area (Å²) in [6.07, 6.45) is 4.88. The summed E-state index contributed by atoms with van der Waals surface area (Å²) in [5, 5.41) is 4.00. The van der Waals surface area contributed by atoms with Crippen LogP contribution in [-0.2, 0) is 4.79 Å². The Morgan fingerprint density at radius 2 is 2.14 bits per heavy atom. The highest BCUT2D eigenvalue weighted by Gasteiger charge is 2.37. The van der Waals surface area contributed by atoms with Gasteiger partial charge in [-0.05, 0) is 50.3 Å². The molecule has 1 saturated heterocycles. The molecule has 0 radical (unpaired) electrons. The second-order valence-corrected chi connectivity index (χ2v) is 7.62. The fourth-order valence-corrected chi connectivity index (χ4v) is 4.40. The van der Waals surface area contributed by atoms with Crippen molar-refractivity contribution in [3.8, 4) is 11.4 Å². The van der Waals surface area contributed by atoms with Gasteiger partial charge in [-0.3, -0.25) is 4.79 Å². The van der Waals surface area contributed by atoms with Crippen molar-refractivity contribution in [1.29, 1.82) is 0 Å². The van der Waals surface area contributed by atoms with Crippen LogP contribution < -0.4 is 5.73 Å². The monoisotopic (exact) mass is 408 g/mol. The molecule has 152 valence electrons. The number of likely N-dealkylation sites (tertiary alicyclic amines) is 1. The number of aromatic nitrogens is 2. The standard InChI is InChI=1S/C20H25FN4O2.ClH/c21-16-7-1-4-13(10-16)18-23-19(27-24-18)15-6-3-9-25(12-15)20(26)17-8-2-5-14(17)11-22;/h1,4,7,10,14-15,17H,2-3,5-6,8-9,11-12,22H2;1H/t14-,15?,17-;/m1./s1. The van der Waals surface area contributed by atoms with Crippen molar-refractivity contribution in [2.75, 3.05) is 19.6 Å². The van der Waals surface area contributed by atoms with Gasteiger partial charge in [0.15, 0.2) is 0 Å². The second kappa shape index (κ2) is 9.01. The van der Waals surface area contributed by atoms with Gasteiger partial charge in [-0.15, -0.1) is 12.4 Å². The van der Waals surface area contributed by atoms with Crippen LogP contribution >= 0.6 is 12.4 Å². The minimum atomic E-state index is -0.334. The lowest BCUT2D eigenvalue weighted by atomic mass is 9.92. The number of piperidine rings is 1. The van der Waals surface area contributed by atoms with Crippen LogP contribution in [0, 0.1) is 17.7 Å². The molecule has 0 spiro atoms. The first-order valence-electron chi connectivity index (χ1n) is 9.74. The molecule has 1 amide bonds. The van der Waals surface area contributed by atoms with E-state index in [0.717, 1.165) is 38.6 Å². The summed E-state index contributed by atoms with van der Waals surface area (Å²) >= 11 is 0. The van der Waals surface area contributed by atoms with E-state index in [2.05, 4.69) is 10.1 Å². The van der Waals surface area contributed by atoms with E-state index in [4.69, 9.17) is 10.3 Å². The Morgan fingerprint density at radius 1 is 1.29 bits per heavy atom. The molecule has 2 fully saturated rings. The van der Waals surface area contributed by atoms with Crippen molar-refractivity contribution >= 4 is 18.3 Å².